The number of methoxy groups -OCH3 is 2. The Hall–Kier alpha value is -2.41. The lowest BCUT2D eigenvalue weighted by Crippen LogP contribution is -2.14. The number of benzene rings is 2. The first-order valence-electron chi connectivity index (χ1n) is 8.59. The van der Waals surface area contributed by atoms with E-state index in [0.29, 0.717) is 11.4 Å². The van der Waals surface area contributed by atoms with E-state index in [9.17, 15) is 8.42 Å². The summed E-state index contributed by atoms with van der Waals surface area (Å²) in [5.41, 5.74) is 1.44. The van der Waals surface area contributed by atoms with Gasteiger partial charge in [0.15, 0.2) is 0 Å². The Morgan fingerprint density at radius 3 is 2.23 bits per heavy atom. The summed E-state index contributed by atoms with van der Waals surface area (Å²) in [7, 11) is -0.887. The molecule has 0 bridgehead atoms. The molecule has 2 N–H and O–H groups in total. The molecule has 0 aliphatic heterocycles. The van der Waals surface area contributed by atoms with Gasteiger partial charge in [0.1, 0.15) is 16.4 Å². The molecular weight excluding hydrogens is 352 g/mol. The van der Waals surface area contributed by atoms with Gasteiger partial charge in [-0.1, -0.05) is 19.8 Å². The van der Waals surface area contributed by atoms with Crippen LogP contribution in [0.3, 0.4) is 0 Å². The molecule has 0 aliphatic carbocycles. The van der Waals surface area contributed by atoms with Gasteiger partial charge in [0, 0.05) is 24.0 Å². The molecule has 0 aromatic heterocycles. The Balaban J connectivity index is 2.12. The summed E-state index contributed by atoms with van der Waals surface area (Å²) in [6.45, 7) is 3.07. The Kier molecular flexibility index (Phi) is 7.15. The average Bonchev–Trinajstić information content (AvgIpc) is 2.65. The zero-order valence-corrected chi connectivity index (χ0v) is 16.2. The van der Waals surface area contributed by atoms with E-state index in [-0.39, 0.29) is 10.6 Å². The second kappa shape index (κ2) is 9.33. The van der Waals surface area contributed by atoms with Gasteiger partial charge in [0.05, 0.1) is 14.2 Å². The molecule has 0 unspecified atom stereocenters. The maximum atomic E-state index is 12.7. The van der Waals surface area contributed by atoms with Crippen molar-refractivity contribution in [2.24, 2.45) is 0 Å². The Morgan fingerprint density at radius 1 is 0.923 bits per heavy atom. The smallest absolute Gasteiger partial charge is 0.265 e. The fourth-order valence-corrected chi connectivity index (χ4v) is 3.71. The summed E-state index contributed by atoms with van der Waals surface area (Å²) < 4.78 is 38.3. The molecule has 0 radical (unpaired) electrons. The SMILES string of the molecule is CCCCCNc1ccc(NS(=O)(=O)c2cc(OC)ccc2OC)cc1. The lowest BCUT2D eigenvalue weighted by molar-refractivity contribution is 0.392. The quantitative estimate of drug-likeness (QED) is 0.609. The van der Waals surface area contributed by atoms with E-state index in [1.54, 1.807) is 24.3 Å². The maximum absolute atomic E-state index is 12.7. The van der Waals surface area contributed by atoms with Gasteiger partial charge in [-0.3, -0.25) is 4.72 Å². The summed E-state index contributed by atoms with van der Waals surface area (Å²) in [5.74, 6) is 0.699. The van der Waals surface area contributed by atoms with Crippen molar-refractivity contribution in [3.63, 3.8) is 0 Å². The first-order valence-corrected chi connectivity index (χ1v) is 10.1. The number of unbranched alkanes of at least 4 members (excludes halogenated alkanes) is 2. The number of nitrogens with one attached hydrogen (secondary N) is 2. The molecular formula is C19H26N2O4S. The van der Waals surface area contributed by atoms with Crippen LogP contribution in [0.4, 0.5) is 11.4 Å². The minimum atomic E-state index is -3.80. The average molecular weight is 378 g/mol. The van der Waals surface area contributed by atoms with Gasteiger partial charge >= 0.3 is 0 Å². The van der Waals surface area contributed by atoms with Crippen molar-refractivity contribution in [2.75, 3.05) is 30.8 Å². The number of hydrogen-bond acceptors (Lipinski definition) is 5. The Morgan fingerprint density at radius 2 is 1.62 bits per heavy atom. The fraction of sp³-hybridized carbons (Fsp3) is 0.368. The minimum Gasteiger partial charge on any atom is -0.497 e. The van der Waals surface area contributed by atoms with Crippen LogP contribution in [0.1, 0.15) is 26.2 Å². The van der Waals surface area contributed by atoms with Crippen LogP contribution in [0.5, 0.6) is 11.5 Å². The zero-order chi connectivity index (χ0) is 19.0. The number of sulfonamides is 1. The molecule has 0 amide bonds. The third-order valence-corrected chi connectivity index (χ3v) is 5.31. The van der Waals surface area contributed by atoms with Gasteiger partial charge in [-0.2, -0.15) is 0 Å². The van der Waals surface area contributed by atoms with Crippen LogP contribution in [0, 0.1) is 0 Å². The predicted molar refractivity (Wildman–Crippen MR) is 105 cm³/mol. The molecule has 2 rings (SSSR count). The van der Waals surface area contributed by atoms with Gasteiger partial charge in [-0.15, -0.1) is 0 Å². The molecule has 0 fully saturated rings. The third-order valence-electron chi connectivity index (χ3n) is 3.91. The second-order valence-electron chi connectivity index (χ2n) is 5.83. The van der Waals surface area contributed by atoms with Gasteiger partial charge in [-0.25, -0.2) is 8.42 Å². The number of ether oxygens (including phenoxy) is 2. The topological polar surface area (TPSA) is 76.7 Å². The van der Waals surface area contributed by atoms with Gasteiger partial charge in [0.2, 0.25) is 0 Å². The lowest BCUT2D eigenvalue weighted by atomic mass is 10.2. The van der Waals surface area contributed by atoms with Gasteiger partial charge < -0.3 is 14.8 Å². The van der Waals surface area contributed by atoms with Crippen LogP contribution in [-0.4, -0.2) is 29.2 Å². The summed E-state index contributed by atoms with van der Waals surface area (Å²) >= 11 is 0. The largest absolute Gasteiger partial charge is 0.497 e. The summed E-state index contributed by atoms with van der Waals surface area (Å²) in [4.78, 5) is 0.0288. The number of rotatable bonds is 10. The summed E-state index contributed by atoms with van der Waals surface area (Å²) in [6.07, 6.45) is 3.48. The highest BCUT2D eigenvalue weighted by molar-refractivity contribution is 7.92. The Bertz CT molecular complexity index is 805. The van der Waals surface area contributed by atoms with Crippen molar-refractivity contribution in [1.29, 1.82) is 0 Å². The third kappa shape index (κ3) is 5.29. The molecule has 0 saturated carbocycles. The molecule has 0 saturated heterocycles. The number of anilines is 2. The molecule has 7 heteroatoms. The van der Waals surface area contributed by atoms with E-state index in [1.807, 2.05) is 12.1 Å². The summed E-state index contributed by atoms with van der Waals surface area (Å²) in [6, 6.07) is 11.8. The van der Waals surface area contributed by atoms with Crippen molar-refractivity contribution in [1.82, 2.24) is 0 Å². The highest BCUT2D eigenvalue weighted by atomic mass is 32.2. The molecule has 6 nitrogen and oxygen atoms in total. The minimum absolute atomic E-state index is 0.0288. The van der Waals surface area contributed by atoms with E-state index >= 15 is 0 Å². The van der Waals surface area contributed by atoms with Crippen molar-refractivity contribution < 1.29 is 17.9 Å². The summed E-state index contributed by atoms with van der Waals surface area (Å²) in [5, 5.41) is 3.32. The van der Waals surface area contributed by atoms with E-state index in [1.165, 1.54) is 33.1 Å². The normalized spacial score (nSPS) is 11.0. The maximum Gasteiger partial charge on any atom is 0.265 e. The lowest BCUT2D eigenvalue weighted by Gasteiger charge is -2.13. The van der Waals surface area contributed by atoms with Crippen molar-refractivity contribution in [3.8, 4) is 11.5 Å². The zero-order valence-electron chi connectivity index (χ0n) is 15.4. The van der Waals surface area contributed by atoms with E-state index < -0.39 is 10.0 Å². The second-order valence-corrected chi connectivity index (χ2v) is 7.48. The molecule has 0 aliphatic rings. The first kappa shape index (κ1) is 19.9. The van der Waals surface area contributed by atoms with Crippen molar-refractivity contribution in [2.45, 2.75) is 31.1 Å². The van der Waals surface area contributed by atoms with Gasteiger partial charge in [-0.05, 0) is 42.8 Å². The molecule has 26 heavy (non-hydrogen) atoms. The van der Waals surface area contributed by atoms with E-state index in [2.05, 4.69) is 17.0 Å². The van der Waals surface area contributed by atoms with Crippen molar-refractivity contribution >= 4 is 21.4 Å². The van der Waals surface area contributed by atoms with Crippen LogP contribution in [0.25, 0.3) is 0 Å². The monoisotopic (exact) mass is 378 g/mol. The molecule has 0 spiro atoms. The van der Waals surface area contributed by atoms with Crippen molar-refractivity contribution in [3.05, 3.63) is 42.5 Å². The predicted octanol–water partition coefficient (Wildman–Crippen LogP) is 4.11. The molecule has 142 valence electrons. The van der Waals surface area contributed by atoms with E-state index in [4.69, 9.17) is 9.47 Å². The van der Waals surface area contributed by atoms with Gasteiger partial charge in [0.25, 0.3) is 10.0 Å². The van der Waals surface area contributed by atoms with Crippen LogP contribution in [0.15, 0.2) is 47.4 Å². The fourth-order valence-electron chi connectivity index (χ4n) is 2.47. The van der Waals surface area contributed by atoms with Crippen LogP contribution >= 0.6 is 0 Å². The molecule has 0 heterocycles. The van der Waals surface area contributed by atoms with E-state index in [0.717, 1.165) is 18.7 Å². The van der Waals surface area contributed by atoms with Crippen LogP contribution in [-0.2, 0) is 10.0 Å². The molecule has 2 aromatic carbocycles. The molecule has 0 atom stereocenters. The standard InChI is InChI=1S/C19H26N2O4S/c1-4-5-6-13-20-15-7-9-16(10-8-15)21-26(22,23)19-14-17(24-2)11-12-18(19)25-3/h7-12,14,20-21H,4-6,13H2,1-3H3. The first-order chi connectivity index (χ1) is 12.5. The molecule has 2 aromatic rings. The number of hydrogen-bond donors (Lipinski definition) is 2. The highest BCUT2D eigenvalue weighted by Crippen LogP contribution is 2.29. The highest BCUT2D eigenvalue weighted by Gasteiger charge is 2.20. The Labute approximate surface area is 155 Å². The van der Waals surface area contributed by atoms with Crippen LogP contribution < -0.4 is 19.5 Å². The van der Waals surface area contributed by atoms with Crippen LogP contribution in [0.2, 0.25) is 0 Å².